The van der Waals surface area contributed by atoms with Gasteiger partial charge in [0.2, 0.25) is 0 Å². The van der Waals surface area contributed by atoms with Crippen molar-refractivity contribution in [3.63, 3.8) is 0 Å². The number of methoxy groups -OCH3 is 1. The van der Waals surface area contributed by atoms with Crippen LogP contribution in [0.5, 0.6) is 11.5 Å². The number of allylic oxidation sites excluding steroid dienone is 2. The molecule has 8 rings (SSSR count). The molecule has 4 atom stereocenters. The summed E-state index contributed by atoms with van der Waals surface area (Å²) in [6.07, 6.45) is 1.70. The Morgan fingerprint density at radius 2 is 1.67 bits per heavy atom. The van der Waals surface area contributed by atoms with Gasteiger partial charge in [-0.1, -0.05) is 65.7 Å². The number of fused-ring (bicyclic) bond motifs is 4. The van der Waals surface area contributed by atoms with Crippen molar-refractivity contribution in [3.8, 4) is 17.2 Å². The van der Waals surface area contributed by atoms with E-state index in [1.165, 1.54) is 40.7 Å². The summed E-state index contributed by atoms with van der Waals surface area (Å²) >= 11 is 12.6. The van der Waals surface area contributed by atoms with Crippen LogP contribution in [0.25, 0.3) is 5.69 Å². The molecular weight excluding hydrogens is 700 g/mol. The summed E-state index contributed by atoms with van der Waals surface area (Å²) in [6, 6.07) is 22.7. The second kappa shape index (κ2) is 12.0. The number of phenolic OH excluding ortho intramolecular Hbond substituents is 1. The van der Waals surface area contributed by atoms with E-state index < -0.39 is 58.1 Å². The summed E-state index contributed by atoms with van der Waals surface area (Å²) in [5.41, 5.74) is 1.86. The molecule has 2 N–H and O–H groups in total. The SMILES string of the molecule is COc1ccc([C@@]23C(=O)N(Nc4ccc(Cl)cc4Cl)C(=O)[C@@H]2C[C@@H]2C(=CCn4c(=O)n(-c5ccccc5)c(=O)n42)[C@@H]3c2ccc(O)c(F)c2)cc1. The highest BCUT2D eigenvalue weighted by atomic mass is 35.5. The Kier molecular flexibility index (Phi) is 7.69. The molecule has 14 heteroatoms. The lowest BCUT2D eigenvalue weighted by atomic mass is 9.53. The Morgan fingerprint density at radius 3 is 2.35 bits per heavy atom. The molecule has 2 aliphatic heterocycles. The molecule has 5 aromatic rings. The lowest BCUT2D eigenvalue weighted by molar-refractivity contribution is -0.138. The molecule has 0 bridgehead atoms. The third-order valence-corrected chi connectivity index (χ3v) is 10.7. The minimum absolute atomic E-state index is 0.0371. The zero-order chi connectivity index (χ0) is 35.8. The number of aromatic hydroxyl groups is 1. The third kappa shape index (κ3) is 4.77. The molecule has 3 heterocycles. The first-order valence-corrected chi connectivity index (χ1v) is 16.7. The topological polar surface area (TPSA) is 128 Å². The summed E-state index contributed by atoms with van der Waals surface area (Å²) in [4.78, 5) is 58.0. The molecule has 2 amide bonds. The number of carbonyl (C=O) groups is 2. The number of nitrogens with one attached hydrogen (secondary N) is 1. The monoisotopic (exact) mass is 727 g/mol. The zero-order valence-corrected chi connectivity index (χ0v) is 28.3. The summed E-state index contributed by atoms with van der Waals surface area (Å²) < 4.78 is 24.4. The highest BCUT2D eigenvalue weighted by Gasteiger charge is 2.69. The van der Waals surface area contributed by atoms with Crippen molar-refractivity contribution in [1.82, 2.24) is 18.9 Å². The van der Waals surface area contributed by atoms with E-state index in [-0.39, 0.29) is 29.2 Å². The van der Waals surface area contributed by atoms with Crippen LogP contribution in [-0.4, -0.2) is 43.0 Å². The van der Waals surface area contributed by atoms with Gasteiger partial charge in [-0.25, -0.2) is 27.9 Å². The molecule has 1 aromatic heterocycles. The summed E-state index contributed by atoms with van der Waals surface area (Å²) in [5, 5.41) is 11.6. The summed E-state index contributed by atoms with van der Waals surface area (Å²) in [5.74, 6) is -4.50. The van der Waals surface area contributed by atoms with Crippen LogP contribution in [-0.2, 0) is 21.5 Å². The number of aromatic nitrogens is 3. The van der Waals surface area contributed by atoms with Gasteiger partial charge in [0.1, 0.15) is 5.75 Å². The van der Waals surface area contributed by atoms with Gasteiger partial charge in [-0.2, -0.15) is 5.01 Å². The van der Waals surface area contributed by atoms with Gasteiger partial charge < -0.3 is 9.84 Å². The van der Waals surface area contributed by atoms with Crippen LogP contribution in [0.4, 0.5) is 10.1 Å². The first-order chi connectivity index (χ1) is 24.6. The van der Waals surface area contributed by atoms with Crippen molar-refractivity contribution < 1.29 is 23.8 Å². The van der Waals surface area contributed by atoms with Crippen molar-refractivity contribution in [2.24, 2.45) is 5.92 Å². The molecular formula is C37H28Cl2FN5O6. The predicted molar refractivity (Wildman–Crippen MR) is 187 cm³/mol. The van der Waals surface area contributed by atoms with Crippen molar-refractivity contribution >= 4 is 40.7 Å². The maximum Gasteiger partial charge on any atom is 0.352 e. The van der Waals surface area contributed by atoms with E-state index in [4.69, 9.17) is 27.9 Å². The van der Waals surface area contributed by atoms with Gasteiger partial charge in [-0.05, 0) is 77.7 Å². The second-order valence-electron chi connectivity index (χ2n) is 12.6. The number of hydrogen-bond acceptors (Lipinski definition) is 7. The minimum atomic E-state index is -1.70. The predicted octanol–water partition coefficient (Wildman–Crippen LogP) is 5.58. The highest BCUT2D eigenvalue weighted by molar-refractivity contribution is 6.36. The largest absolute Gasteiger partial charge is 0.505 e. The Hall–Kier alpha value is -5.59. The van der Waals surface area contributed by atoms with Gasteiger partial charge >= 0.3 is 11.4 Å². The number of carbonyl (C=O) groups excluding carboxylic acids is 2. The number of imide groups is 1. The summed E-state index contributed by atoms with van der Waals surface area (Å²) in [6.45, 7) is -0.0371. The lowest BCUT2D eigenvalue weighted by Gasteiger charge is -2.49. The summed E-state index contributed by atoms with van der Waals surface area (Å²) in [7, 11) is 1.50. The molecule has 258 valence electrons. The van der Waals surface area contributed by atoms with E-state index in [1.54, 1.807) is 66.7 Å². The average Bonchev–Trinajstić information content (AvgIpc) is 3.51. The first kappa shape index (κ1) is 32.6. The lowest BCUT2D eigenvalue weighted by Crippen LogP contribution is -2.53. The van der Waals surface area contributed by atoms with Gasteiger partial charge in [-0.3, -0.25) is 15.0 Å². The fourth-order valence-electron chi connectivity index (χ4n) is 7.98. The highest BCUT2D eigenvalue weighted by Crippen LogP contribution is 2.62. The van der Waals surface area contributed by atoms with E-state index in [0.717, 1.165) is 15.6 Å². The van der Waals surface area contributed by atoms with E-state index in [9.17, 15) is 19.5 Å². The van der Waals surface area contributed by atoms with Gasteiger partial charge in [0.05, 0.1) is 47.4 Å². The standard InChI is InChI=1S/C37H28Cl2FN5O6/c1-51-24-11-8-21(9-12-24)37-26(33(47)44(34(37)48)41-29-13-10-22(38)18-27(29)39)19-30-25(32(37)20-7-14-31(46)28(40)17-20)15-16-42-35(49)43(36(50)45(30)42)23-5-3-2-4-6-23/h2-15,17-18,26,30,32,41,46H,16,19H2,1H3/t26-,30+,32-,37+/m0/s1. The maximum atomic E-state index is 15.3. The van der Waals surface area contributed by atoms with Crippen molar-refractivity contribution in [2.75, 3.05) is 12.5 Å². The van der Waals surface area contributed by atoms with Crippen LogP contribution in [0.2, 0.25) is 10.0 Å². The number of rotatable bonds is 6. The van der Waals surface area contributed by atoms with Crippen LogP contribution < -0.4 is 21.5 Å². The number of hydrazine groups is 1. The van der Waals surface area contributed by atoms with E-state index in [2.05, 4.69) is 5.43 Å². The molecule has 51 heavy (non-hydrogen) atoms. The average molecular weight is 729 g/mol. The minimum Gasteiger partial charge on any atom is -0.505 e. The number of ether oxygens (including phenoxy) is 1. The van der Waals surface area contributed by atoms with Gasteiger partial charge in [-0.15, -0.1) is 0 Å². The number of benzene rings is 4. The van der Waals surface area contributed by atoms with Crippen LogP contribution in [0, 0.1) is 11.7 Å². The number of para-hydroxylation sites is 1. The number of amides is 2. The van der Waals surface area contributed by atoms with Crippen molar-refractivity contribution in [3.05, 3.63) is 151 Å². The van der Waals surface area contributed by atoms with Crippen LogP contribution >= 0.6 is 23.2 Å². The number of halogens is 3. The van der Waals surface area contributed by atoms with Crippen molar-refractivity contribution in [2.45, 2.75) is 30.3 Å². The molecule has 0 unspecified atom stereocenters. The van der Waals surface area contributed by atoms with Crippen LogP contribution in [0.1, 0.15) is 29.5 Å². The number of hydrogen-bond donors (Lipinski definition) is 2. The first-order valence-electron chi connectivity index (χ1n) is 16.0. The van der Waals surface area contributed by atoms with E-state index >= 15 is 9.18 Å². The normalized spacial score (nSPS) is 22.2. The van der Waals surface area contributed by atoms with Crippen LogP contribution in [0.15, 0.2) is 112 Å². The Bertz CT molecular complexity index is 2410. The van der Waals surface area contributed by atoms with E-state index in [1.807, 2.05) is 0 Å². The van der Waals surface area contributed by atoms with Crippen molar-refractivity contribution in [1.29, 1.82) is 0 Å². The van der Waals surface area contributed by atoms with Gasteiger partial charge in [0.15, 0.2) is 11.6 Å². The Balaban J connectivity index is 1.39. The van der Waals surface area contributed by atoms with Gasteiger partial charge in [0.25, 0.3) is 11.8 Å². The molecule has 11 nitrogen and oxygen atoms in total. The molecule has 2 fully saturated rings. The smallest absolute Gasteiger partial charge is 0.352 e. The molecule has 4 aromatic carbocycles. The number of phenols is 1. The zero-order valence-electron chi connectivity index (χ0n) is 26.8. The molecule has 1 saturated carbocycles. The number of anilines is 1. The molecule has 3 aliphatic rings. The molecule has 0 radical (unpaired) electrons. The third-order valence-electron chi connectivity index (χ3n) is 10.2. The molecule has 1 saturated heterocycles. The molecule has 1 aliphatic carbocycles. The fourth-order valence-corrected chi connectivity index (χ4v) is 8.43. The fraction of sp³-hybridized carbons (Fsp3) is 0.189. The quantitative estimate of drug-likeness (QED) is 0.173. The molecule has 0 spiro atoms. The maximum absolute atomic E-state index is 15.3. The number of nitrogens with zero attached hydrogens (tertiary/aromatic N) is 4. The Labute approximate surface area is 299 Å². The Morgan fingerprint density at radius 1 is 0.922 bits per heavy atom. The second-order valence-corrected chi connectivity index (χ2v) is 13.5. The van der Waals surface area contributed by atoms with Gasteiger partial charge in [0, 0.05) is 10.9 Å². The van der Waals surface area contributed by atoms with E-state index in [0.29, 0.717) is 27.6 Å². The van der Waals surface area contributed by atoms with Crippen LogP contribution in [0.3, 0.4) is 0 Å².